The van der Waals surface area contributed by atoms with Crippen LogP contribution in [0.5, 0.6) is 0 Å². The summed E-state index contributed by atoms with van der Waals surface area (Å²) in [6.45, 7) is 2.50. The Hall–Kier alpha value is -3.22. The summed E-state index contributed by atoms with van der Waals surface area (Å²) in [5, 5.41) is 2.69. The van der Waals surface area contributed by atoms with Gasteiger partial charge in [-0.1, -0.05) is 0 Å². The van der Waals surface area contributed by atoms with E-state index < -0.39 is 11.9 Å². The molecule has 0 atom stereocenters. The van der Waals surface area contributed by atoms with Crippen molar-refractivity contribution in [3.05, 3.63) is 59.4 Å². The number of amides is 1. The van der Waals surface area contributed by atoms with E-state index in [1.54, 1.807) is 0 Å². The van der Waals surface area contributed by atoms with E-state index in [4.69, 9.17) is 0 Å². The highest BCUT2D eigenvalue weighted by Crippen LogP contribution is 2.17. The topological polar surface area (TPSA) is 85.6 Å². The van der Waals surface area contributed by atoms with Crippen LogP contribution in [0.2, 0.25) is 0 Å². The second-order valence-corrected chi connectivity index (χ2v) is 5.69. The van der Waals surface area contributed by atoms with Crippen LogP contribution in [0.25, 0.3) is 0 Å². The summed E-state index contributed by atoms with van der Waals surface area (Å²) < 4.78 is 11.2. The number of aromatic nitrogens is 1. The van der Waals surface area contributed by atoms with Gasteiger partial charge in [0.1, 0.15) is 0 Å². The van der Waals surface area contributed by atoms with Crippen molar-refractivity contribution in [1.29, 1.82) is 0 Å². The molecule has 0 spiro atoms. The number of ether oxygens (including phenoxy) is 2. The number of anilines is 1. The van der Waals surface area contributed by atoms with Crippen molar-refractivity contribution in [3.8, 4) is 0 Å². The van der Waals surface area contributed by atoms with E-state index in [0.29, 0.717) is 12.2 Å². The minimum atomic E-state index is -0.610. The molecule has 1 N–H and O–H groups in total. The highest BCUT2D eigenvalue weighted by molar-refractivity contribution is 5.99. The largest absolute Gasteiger partial charge is 0.465 e. The fourth-order valence-corrected chi connectivity index (χ4v) is 2.31. The van der Waals surface area contributed by atoms with Gasteiger partial charge in [0, 0.05) is 17.8 Å². The number of aryl methyl sites for hydroxylation is 2. The lowest BCUT2D eigenvalue weighted by Gasteiger charge is -2.09. The third-order valence-electron chi connectivity index (χ3n) is 3.71. The van der Waals surface area contributed by atoms with Crippen LogP contribution in [0, 0.1) is 6.92 Å². The first-order valence-electron chi connectivity index (χ1n) is 8.00. The minimum absolute atomic E-state index is 0.151. The van der Waals surface area contributed by atoms with Gasteiger partial charge < -0.3 is 14.8 Å². The number of nitrogens with one attached hydrogen (secondary N) is 1. The smallest absolute Gasteiger partial charge is 0.337 e. The Labute approximate surface area is 151 Å². The average Bonchev–Trinajstić information content (AvgIpc) is 2.65. The predicted molar refractivity (Wildman–Crippen MR) is 93.7 cm³/mol. The lowest BCUT2D eigenvalue weighted by Crippen LogP contribution is -2.34. The second-order valence-electron chi connectivity index (χ2n) is 5.69. The van der Waals surface area contributed by atoms with Gasteiger partial charge in [-0.2, -0.15) is 0 Å². The number of hydrogen-bond donors (Lipinski definition) is 1. The molecule has 7 heteroatoms. The van der Waals surface area contributed by atoms with Crippen LogP contribution in [0.15, 0.2) is 42.7 Å². The maximum Gasteiger partial charge on any atom is 0.337 e. The monoisotopic (exact) mass is 357 g/mol. The minimum Gasteiger partial charge on any atom is -0.465 e. The number of methoxy groups -OCH3 is 2. The Morgan fingerprint density at radius 1 is 0.962 bits per heavy atom. The zero-order valence-corrected chi connectivity index (χ0v) is 14.9. The Balaban J connectivity index is 2.11. The summed E-state index contributed by atoms with van der Waals surface area (Å²) in [5.74, 6) is -1.46. The van der Waals surface area contributed by atoms with E-state index in [9.17, 15) is 14.4 Å². The Morgan fingerprint density at radius 3 is 2.00 bits per heavy atom. The first-order valence-corrected chi connectivity index (χ1v) is 8.00. The molecule has 1 heterocycles. The predicted octanol–water partition coefficient (Wildman–Crippen LogP) is 1.88. The zero-order valence-electron chi connectivity index (χ0n) is 14.9. The first kappa shape index (κ1) is 19.1. The Kier molecular flexibility index (Phi) is 6.43. The summed E-state index contributed by atoms with van der Waals surface area (Å²) >= 11 is 0. The van der Waals surface area contributed by atoms with Crippen molar-refractivity contribution in [2.45, 2.75) is 19.9 Å². The van der Waals surface area contributed by atoms with E-state index in [-0.39, 0.29) is 23.5 Å². The number of carbonyl (C=O) groups excluding carboxylic acids is 3. The highest BCUT2D eigenvalue weighted by atomic mass is 16.5. The number of rotatable bonds is 6. The van der Waals surface area contributed by atoms with Crippen LogP contribution in [-0.4, -0.2) is 32.1 Å². The molecule has 0 aliphatic heterocycles. The van der Waals surface area contributed by atoms with Crippen molar-refractivity contribution in [2.24, 2.45) is 0 Å². The first-order chi connectivity index (χ1) is 12.4. The zero-order chi connectivity index (χ0) is 19.1. The highest BCUT2D eigenvalue weighted by Gasteiger charge is 2.15. The molecule has 0 saturated carbocycles. The summed E-state index contributed by atoms with van der Waals surface area (Å²) in [5.41, 5.74) is 1.77. The fraction of sp³-hybridized carbons (Fsp3) is 0.263. The molecular weight excluding hydrogens is 336 g/mol. The summed E-state index contributed by atoms with van der Waals surface area (Å²) in [7, 11) is 2.48. The van der Waals surface area contributed by atoms with Gasteiger partial charge in [0.15, 0.2) is 18.9 Å². The van der Waals surface area contributed by atoms with E-state index >= 15 is 0 Å². The summed E-state index contributed by atoms with van der Waals surface area (Å²) in [6, 6.07) is 8.18. The number of pyridine rings is 1. The summed E-state index contributed by atoms with van der Waals surface area (Å²) in [6.07, 6.45) is 4.04. The molecule has 0 radical (unpaired) electrons. The third-order valence-corrected chi connectivity index (χ3v) is 3.71. The number of carbonyl (C=O) groups is 3. The molecule has 26 heavy (non-hydrogen) atoms. The van der Waals surface area contributed by atoms with Gasteiger partial charge in [-0.3, -0.25) is 4.79 Å². The van der Waals surface area contributed by atoms with Gasteiger partial charge in [0.25, 0.3) is 0 Å². The van der Waals surface area contributed by atoms with Gasteiger partial charge in [0.2, 0.25) is 5.91 Å². The molecule has 1 amide bonds. The lowest BCUT2D eigenvalue weighted by atomic mass is 10.1. The normalized spacial score (nSPS) is 10.1. The quantitative estimate of drug-likeness (QED) is 0.630. The van der Waals surface area contributed by atoms with Crippen LogP contribution in [0.1, 0.15) is 32.7 Å². The van der Waals surface area contributed by atoms with Crippen LogP contribution >= 0.6 is 0 Å². The van der Waals surface area contributed by atoms with Gasteiger partial charge in [0.05, 0.1) is 31.8 Å². The maximum absolute atomic E-state index is 12.2. The fourth-order valence-electron chi connectivity index (χ4n) is 2.31. The molecule has 0 saturated heterocycles. The molecular formula is C19H21N2O5+. The SMILES string of the molecule is COC(=O)c1cc(NC(=O)CC[n+]2ccc(C)cc2)cc(C(=O)OC)c1. The van der Waals surface area contributed by atoms with Gasteiger partial charge >= 0.3 is 11.9 Å². The van der Waals surface area contributed by atoms with Crippen molar-refractivity contribution in [3.63, 3.8) is 0 Å². The van der Waals surface area contributed by atoms with Crippen molar-refractivity contribution < 1.29 is 28.4 Å². The number of nitrogens with zero attached hydrogens (tertiary/aromatic N) is 1. The molecule has 136 valence electrons. The number of hydrogen-bond acceptors (Lipinski definition) is 5. The van der Waals surface area contributed by atoms with Crippen LogP contribution < -0.4 is 9.88 Å². The molecule has 0 unspecified atom stereocenters. The lowest BCUT2D eigenvalue weighted by molar-refractivity contribution is -0.695. The van der Waals surface area contributed by atoms with E-state index in [1.807, 2.05) is 36.0 Å². The van der Waals surface area contributed by atoms with Crippen molar-refractivity contribution in [2.75, 3.05) is 19.5 Å². The molecule has 0 bridgehead atoms. The maximum atomic E-state index is 12.2. The van der Waals surface area contributed by atoms with E-state index in [2.05, 4.69) is 14.8 Å². The summed E-state index contributed by atoms with van der Waals surface area (Å²) in [4.78, 5) is 35.7. The molecule has 0 fully saturated rings. The second kappa shape index (κ2) is 8.75. The average molecular weight is 357 g/mol. The van der Waals surface area contributed by atoms with Crippen LogP contribution in [0.3, 0.4) is 0 Å². The van der Waals surface area contributed by atoms with Gasteiger partial charge in [-0.25, -0.2) is 14.2 Å². The van der Waals surface area contributed by atoms with Crippen molar-refractivity contribution >= 4 is 23.5 Å². The molecule has 2 rings (SSSR count). The van der Waals surface area contributed by atoms with Crippen LogP contribution in [0.4, 0.5) is 5.69 Å². The third kappa shape index (κ3) is 5.14. The van der Waals surface area contributed by atoms with Gasteiger partial charge in [-0.05, 0) is 30.7 Å². The Bertz CT molecular complexity index is 781. The van der Waals surface area contributed by atoms with Crippen LogP contribution in [-0.2, 0) is 20.8 Å². The molecule has 1 aromatic carbocycles. The molecule has 2 aromatic rings. The molecule has 0 aliphatic carbocycles. The number of benzene rings is 1. The molecule has 0 aliphatic rings. The van der Waals surface area contributed by atoms with E-state index in [1.165, 1.54) is 32.4 Å². The van der Waals surface area contributed by atoms with Gasteiger partial charge in [-0.15, -0.1) is 0 Å². The van der Waals surface area contributed by atoms with Crippen molar-refractivity contribution in [1.82, 2.24) is 0 Å². The Morgan fingerprint density at radius 2 is 1.50 bits per heavy atom. The number of esters is 2. The molecule has 1 aromatic heterocycles. The van der Waals surface area contributed by atoms with E-state index in [0.717, 1.165) is 5.56 Å². The molecule has 7 nitrogen and oxygen atoms in total. The standard InChI is InChI=1S/C19H20N2O5/c1-13-4-7-21(8-5-13)9-6-17(22)20-16-11-14(18(23)25-2)10-15(12-16)19(24)26-3/h4-5,7-8,10-12H,6,9H2,1-3H3/p+1.